The zero-order chi connectivity index (χ0) is 8.43. The molecule has 0 saturated carbocycles. The number of nitrogens with one attached hydrogen (secondary N) is 1. The molecule has 1 fully saturated rings. The molecule has 64 valence electrons. The summed E-state index contributed by atoms with van der Waals surface area (Å²) in [7, 11) is 0. The van der Waals surface area contributed by atoms with Crippen LogP contribution in [0.25, 0.3) is 0 Å². The van der Waals surface area contributed by atoms with Gasteiger partial charge in [-0.25, -0.2) is 0 Å². The smallest absolute Gasteiger partial charge is 0.225 e. The molecule has 1 heterocycles. The van der Waals surface area contributed by atoms with Crippen LogP contribution in [-0.4, -0.2) is 23.7 Å². The van der Waals surface area contributed by atoms with Gasteiger partial charge in [0.1, 0.15) is 0 Å². The van der Waals surface area contributed by atoms with E-state index in [1.54, 1.807) is 0 Å². The number of rotatable bonds is 3. The fraction of sp³-hybridized carbons (Fsp3) is 0.875. The van der Waals surface area contributed by atoms with Crippen molar-refractivity contribution in [2.24, 2.45) is 11.8 Å². The molecule has 1 amide bonds. The maximum absolute atomic E-state index is 11.0. The summed E-state index contributed by atoms with van der Waals surface area (Å²) < 4.78 is 0. The molecule has 0 aromatic heterocycles. The van der Waals surface area contributed by atoms with Crippen molar-refractivity contribution in [1.82, 2.24) is 5.32 Å². The first-order valence-electron chi connectivity index (χ1n) is 4.12. The number of hydrogen-bond acceptors (Lipinski definition) is 2. The molecular weight excluding hydrogens is 142 g/mol. The molecule has 0 spiro atoms. The number of aliphatic hydroxyl groups excluding tert-OH is 1. The van der Waals surface area contributed by atoms with Crippen molar-refractivity contribution < 1.29 is 9.90 Å². The van der Waals surface area contributed by atoms with Crippen molar-refractivity contribution in [3.05, 3.63) is 0 Å². The fourth-order valence-electron chi connectivity index (χ4n) is 1.52. The number of β-lactam (4-membered cyclic amide) rings is 1. The summed E-state index contributed by atoms with van der Waals surface area (Å²) in [6.07, 6.45) is 0.995. The highest BCUT2D eigenvalue weighted by atomic mass is 16.3. The van der Waals surface area contributed by atoms with Gasteiger partial charge in [-0.05, 0) is 5.92 Å². The second-order valence-corrected chi connectivity index (χ2v) is 3.21. The van der Waals surface area contributed by atoms with Gasteiger partial charge in [-0.3, -0.25) is 4.79 Å². The Kier molecular flexibility index (Phi) is 2.49. The maximum Gasteiger partial charge on any atom is 0.225 e. The van der Waals surface area contributed by atoms with E-state index in [0.717, 1.165) is 6.42 Å². The summed E-state index contributed by atoms with van der Waals surface area (Å²) >= 11 is 0. The summed E-state index contributed by atoms with van der Waals surface area (Å²) in [5, 5.41) is 11.5. The molecular formula is C8H15NO2. The third-order valence-electron chi connectivity index (χ3n) is 2.52. The normalized spacial score (nSPS) is 32.5. The molecule has 0 aromatic carbocycles. The molecule has 0 aromatic rings. The van der Waals surface area contributed by atoms with Crippen molar-refractivity contribution in [2.45, 2.75) is 26.3 Å². The average molecular weight is 157 g/mol. The van der Waals surface area contributed by atoms with Gasteiger partial charge >= 0.3 is 0 Å². The molecule has 11 heavy (non-hydrogen) atoms. The third kappa shape index (κ3) is 1.38. The van der Waals surface area contributed by atoms with Crippen LogP contribution < -0.4 is 5.32 Å². The Bertz CT molecular complexity index is 152. The molecule has 3 atom stereocenters. The van der Waals surface area contributed by atoms with Crippen LogP contribution in [0.1, 0.15) is 20.3 Å². The minimum Gasteiger partial charge on any atom is -0.394 e. The molecule has 1 aliphatic heterocycles. The summed E-state index contributed by atoms with van der Waals surface area (Å²) in [6, 6.07) is 0.0115. The van der Waals surface area contributed by atoms with E-state index in [1.807, 2.05) is 6.92 Å². The number of hydrogen-bond donors (Lipinski definition) is 2. The highest BCUT2D eigenvalue weighted by Crippen LogP contribution is 2.25. The van der Waals surface area contributed by atoms with Gasteiger partial charge in [-0.2, -0.15) is 0 Å². The minimum absolute atomic E-state index is 0.0115. The molecule has 1 saturated heterocycles. The topological polar surface area (TPSA) is 49.3 Å². The summed E-state index contributed by atoms with van der Waals surface area (Å²) in [6.45, 7) is 4.18. The van der Waals surface area contributed by atoms with Gasteiger partial charge in [0.2, 0.25) is 5.91 Å². The first kappa shape index (κ1) is 8.53. The number of aliphatic hydroxyl groups is 1. The van der Waals surface area contributed by atoms with Crippen LogP contribution in [0, 0.1) is 11.8 Å². The minimum atomic E-state index is 0.0115. The van der Waals surface area contributed by atoms with Gasteiger partial charge in [-0.1, -0.05) is 20.3 Å². The Morgan fingerprint density at radius 2 is 2.36 bits per heavy atom. The van der Waals surface area contributed by atoms with E-state index < -0.39 is 0 Å². The predicted molar refractivity (Wildman–Crippen MR) is 42.0 cm³/mol. The summed E-state index contributed by atoms with van der Waals surface area (Å²) in [4.78, 5) is 11.0. The first-order valence-corrected chi connectivity index (χ1v) is 4.12. The fourth-order valence-corrected chi connectivity index (χ4v) is 1.52. The average Bonchev–Trinajstić information content (AvgIpc) is 1.99. The van der Waals surface area contributed by atoms with Gasteiger partial charge in [0, 0.05) is 0 Å². The van der Waals surface area contributed by atoms with E-state index in [-0.39, 0.29) is 24.5 Å². The standard InChI is InChI=1S/C8H15NO2/c1-3-5(2)7-6(4-10)9-8(7)11/h5-7,10H,3-4H2,1-2H3,(H,9,11). The van der Waals surface area contributed by atoms with Crippen LogP contribution in [0.15, 0.2) is 0 Å². The quantitative estimate of drug-likeness (QED) is 0.572. The van der Waals surface area contributed by atoms with Crippen molar-refractivity contribution in [3.63, 3.8) is 0 Å². The summed E-state index contributed by atoms with van der Waals surface area (Å²) in [5.41, 5.74) is 0. The van der Waals surface area contributed by atoms with Crippen LogP contribution >= 0.6 is 0 Å². The largest absolute Gasteiger partial charge is 0.394 e. The molecule has 2 N–H and O–H groups in total. The molecule has 0 aliphatic carbocycles. The van der Waals surface area contributed by atoms with Crippen molar-refractivity contribution in [1.29, 1.82) is 0 Å². The van der Waals surface area contributed by atoms with Crippen LogP contribution in [0.4, 0.5) is 0 Å². The second-order valence-electron chi connectivity index (χ2n) is 3.21. The van der Waals surface area contributed by atoms with E-state index >= 15 is 0 Å². The van der Waals surface area contributed by atoms with Crippen molar-refractivity contribution in [2.75, 3.05) is 6.61 Å². The maximum atomic E-state index is 11.0. The number of amides is 1. The van der Waals surface area contributed by atoms with Gasteiger partial charge in [0.05, 0.1) is 18.6 Å². The Morgan fingerprint density at radius 3 is 2.73 bits per heavy atom. The van der Waals surface area contributed by atoms with E-state index in [9.17, 15) is 4.79 Å². The lowest BCUT2D eigenvalue weighted by molar-refractivity contribution is -0.139. The van der Waals surface area contributed by atoms with E-state index in [0.29, 0.717) is 5.92 Å². The molecule has 0 radical (unpaired) electrons. The lowest BCUT2D eigenvalue weighted by Crippen LogP contribution is -2.61. The highest BCUT2D eigenvalue weighted by molar-refractivity contribution is 5.86. The molecule has 1 rings (SSSR count). The predicted octanol–water partition coefficient (Wildman–Crippen LogP) is 0.139. The lowest BCUT2D eigenvalue weighted by atomic mass is 9.79. The van der Waals surface area contributed by atoms with Gasteiger partial charge < -0.3 is 10.4 Å². The van der Waals surface area contributed by atoms with Gasteiger partial charge in [0.15, 0.2) is 0 Å². The monoisotopic (exact) mass is 157 g/mol. The first-order chi connectivity index (χ1) is 5.20. The summed E-state index contributed by atoms with van der Waals surface area (Å²) in [5.74, 6) is 0.532. The Morgan fingerprint density at radius 1 is 1.73 bits per heavy atom. The zero-order valence-corrected chi connectivity index (χ0v) is 7.00. The third-order valence-corrected chi connectivity index (χ3v) is 2.52. The Labute approximate surface area is 66.8 Å². The molecule has 0 bridgehead atoms. The van der Waals surface area contributed by atoms with Crippen LogP contribution in [0.2, 0.25) is 0 Å². The second kappa shape index (κ2) is 3.22. The molecule has 1 aliphatic rings. The SMILES string of the molecule is CCC(C)C1C(=O)NC1CO. The highest BCUT2D eigenvalue weighted by Gasteiger charge is 2.41. The van der Waals surface area contributed by atoms with Crippen LogP contribution in [0.3, 0.4) is 0 Å². The van der Waals surface area contributed by atoms with E-state index in [4.69, 9.17) is 5.11 Å². The van der Waals surface area contributed by atoms with Gasteiger partial charge in [0.25, 0.3) is 0 Å². The van der Waals surface area contributed by atoms with Crippen molar-refractivity contribution in [3.8, 4) is 0 Å². The Hall–Kier alpha value is -0.570. The molecule has 3 unspecified atom stereocenters. The van der Waals surface area contributed by atoms with Gasteiger partial charge in [-0.15, -0.1) is 0 Å². The zero-order valence-electron chi connectivity index (χ0n) is 7.00. The molecule has 3 nitrogen and oxygen atoms in total. The molecule has 3 heteroatoms. The van der Waals surface area contributed by atoms with E-state index in [1.165, 1.54) is 0 Å². The van der Waals surface area contributed by atoms with Crippen LogP contribution in [0.5, 0.6) is 0 Å². The lowest BCUT2D eigenvalue weighted by Gasteiger charge is -2.39. The van der Waals surface area contributed by atoms with E-state index in [2.05, 4.69) is 12.2 Å². The number of carbonyl (C=O) groups excluding carboxylic acids is 1. The van der Waals surface area contributed by atoms with Crippen LogP contribution in [-0.2, 0) is 4.79 Å². The Balaban J connectivity index is 2.48. The number of carbonyl (C=O) groups is 1. The van der Waals surface area contributed by atoms with Crippen molar-refractivity contribution >= 4 is 5.91 Å².